The van der Waals surface area contributed by atoms with Crippen LogP contribution in [0.15, 0.2) is 42.5 Å². The van der Waals surface area contributed by atoms with Crippen LogP contribution in [0.1, 0.15) is 35.3 Å². The summed E-state index contributed by atoms with van der Waals surface area (Å²) in [5, 5.41) is 3.29. The lowest BCUT2D eigenvalue weighted by Crippen LogP contribution is -2.48. The SMILES string of the molecule is COc1ccc(CNCc2ccc(C(=O)N3C[C@@H](C)O[C@H](C)C3)cc2)cc1F. The van der Waals surface area contributed by atoms with E-state index < -0.39 is 0 Å². The van der Waals surface area contributed by atoms with Crippen molar-refractivity contribution in [1.29, 1.82) is 0 Å². The van der Waals surface area contributed by atoms with Crippen molar-refractivity contribution in [3.63, 3.8) is 0 Å². The molecule has 6 heteroatoms. The normalized spacial score (nSPS) is 19.5. The van der Waals surface area contributed by atoms with E-state index in [0.29, 0.717) is 31.7 Å². The lowest BCUT2D eigenvalue weighted by Gasteiger charge is -2.35. The Kier molecular flexibility index (Phi) is 6.65. The van der Waals surface area contributed by atoms with E-state index in [1.807, 2.05) is 49.1 Å². The minimum absolute atomic E-state index is 0.0372. The predicted molar refractivity (Wildman–Crippen MR) is 106 cm³/mol. The van der Waals surface area contributed by atoms with Gasteiger partial charge in [-0.3, -0.25) is 4.79 Å². The molecular formula is C22H27FN2O3. The second-order valence-electron chi connectivity index (χ2n) is 7.24. The molecule has 2 aromatic rings. The molecule has 0 bridgehead atoms. The predicted octanol–water partition coefficient (Wildman–Crippen LogP) is 3.37. The lowest BCUT2D eigenvalue weighted by atomic mass is 10.1. The van der Waals surface area contributed by atoms with Crippen molar-refractivity contribution in [1.82, 2.24) is 10.2 Å². The Morgan fingerprint density at radius 2 is 1.71 bits per heavy atom. The van der Waals surface area contributed by atoms with Gasteiger partial charge in [0, 0.05) is 31.7 Å². The molecule has 1 N–H and O–H groups in total. The summed E-state index contributed by atoms with van der Waals surface area (Å²) < 4.78 is 24.3. The molecule has 0 radical (unpaired) electrons. The molecule has 150 valence electrons. The Hall–Kier alpha value is -2.44. The maximum Gasteiger partial charge on any atom is 0.254 e. The van der Waals surface area contributed by atoms with Gasteiger partial charge in [-0.15, -0.1) is 0 Å². The van der Waals surface area contributed by atoms with Crippen LogP contribution in [0.25, 0.3) is 0 Å². The van der Waals surface area contributed by atoms with Gasteiger partial charge < -0.3 is 19.7 Å². The van der Waals surface area contributed by atoms with E-state index in [1.165, 1.54) is 13.2 Å². The first-order chi connectivity index (χ1) is 13.5. The Morgan fingerprint density at radius 1 is 1.11 bits per heavy atom. The standard InChI is InChI=1S/C22H27FN2O3/c1-15-13-25(14-16(2)28-15)22(26)19-7-4-17(5-8-19)11-24-12-18-6-9-21(27-3)20(23)10-18/h4-10,15-16,24H,11-14H2,1-3H3/t15-,16-/m1/s1. The van der Waals surface area contributed by atoms with Gasteiger partial charge in [0.1, 0.15) is 0 Å². The van der Waals surface area contributed by atoms with E-state index in [-0.39, 0.29) is 29.7 Å². The van der Waals surface area contributed by atoms with Gasteiger partial charge in [-0.25, -0.2) is 4.39 Å². The number of methoxy groups -OCH3 is 1. The van der Waals surface area contributed by atoms with Gasteiger partial charge in [-0.1, -0.05) is 18.2 Å². The number of hydrogen-bond acceptors (Lipinski definition) is 4. The Morgan fingerprint density at radius 3 is 2.32 bits per heavy atom. The largest absolute Gasteiger partial charge is 0.494 e. The fourth-order valence-electron chi connectivity index (χ4n) is 3.46. The molecule has 3 rings (SSSR count). The number of morpholine rings is 1. The van der Waals surface area contributed by atoms with E-state index in [9.17, 15) is 9.18 Å². The van der Waals surface area contributed by atoms with Gasteiger partial charge in [-0.05, 0) is 49.2 Å². The van der Waals surface area contributed by atoms with Crippen molar-refractivity contribution in [2.45, 2.75) is 39.1 Å². The minimum atomic E-state index is -0.364. The number of nitrogens with one attached hydrogen (secondary N) is 1. The summed E-state index contributed by atoms with van der Waals surface area (Å²) in [7, 11) is 1.45. The van der Waals surface area contributed by atoms with Crippen LogP contribution in [0.4, 0.5) is 4.39 Å². The van der Waals surface area contributed by atoms with E-state index in [0.717, 1.165) is 11.1 Å². The molecule has 2 atom stereocenters. The number of halogens is 1. The molecular weight excluding hydrogens is 359 g/mol. The number of nitrogens with zero attached hydrogens (tertiary/aromatic N) is 1. The average Bonchev–Trinajstić information content (AvgIpc) is 2.67. The summed E-state index contributed by atoms with van der Waals surface area (Å²) in [4.78, 5) is 14.5. The Balaban J connectivity index is 1.53. The van der Waals surface area contributed by atoms with Crippen LogP contribution in [0.5, 0.6) is 5.75 Å². The van der Waals surface area contributed by atoms with Crippen LogP contribution >= 0.6 is 0 Å². The van der Waals surface area contributed by atoms with Crippen LogP contribution in [-0.4, -0.2) is 43.2 Å². The zero-order valence-electron chi connectivity index (χ0n) is 16.6. The van der Waals surface area contributed by atoms with Gasteiger partial charge in [0.2, 0.25) is 0 Å². The summed E-state index contributed by atoms with van der Waals surface area (Å²) in [6.07, 6.45) is 0.109. The van der Waals surface area contributed by atoms with Crippen molar-refractivity contribution < 1.29 is 18.7 Å². The quantitative estimate of drug-likeness (QED) is 0.827. The number of carbonyl (C=O) groups excluding carboxylic acids is 1. The lowest BCUT2D eigenvalue weighted by molar-refractivity contribution is -0.0586. The second kappa shape index (κ2) is 9.17. The number of ether oxygens (including phenoxy) is 2. The van der Waals surface area contributed by atoms with E-state index in [4.69, 9.17) is 9.47 Å². The highest BCUT2D eigenvalue weighted by molar-refractivity contribution is 5.94. The number of carbonyl (C=O) groups is 1. The summed E-state index contributed by atoms with van der Waals surface area (Å²) >= 11 is 0. The molecule has 1 amide bonds. The minimum Gasteiger partial charge on any atom is -0.494 e. The highest BCUT2D eigenvalue weighted by atomic mass is 19.1. The number of hydrogen-bond donors (Lipinski definition) is 1. The van der Waals surface area contributed by atoms with Crippen molar-refractivity contribution in [3.8, 4) is 5.75 Å². The van der Waals surface area contributed by atoms with Crippen LogP contribution in [0.3, 0.4) is 0 Å². The number of amides is 1. The summed E-state index contributed by atoms with van der Waals surface area (Å²) in [5.41, 5.74) is 2.59. The van der Waals surface area contributed by atoms with Crippen LogP contribution < -0.4 is 10.1 Å². The van der Waals surface area contributed by atoms with Crippen LogP contribution in [0, 0.1) is 5.82 Å². The number of benzene rings is 2. The van der Waals surface area contributed by atoms with E-state index in [1.54, 1.807) is 6.07 Å². The van der Waals surface area contributed by atoms with Gasteiger partial charge in [0.05, 0.1) is 19.3 Å². The van der Waals surface area contributed by atoms with Gasteiger partial charge in [-0.2, -0.15) is 0 Å². The Bertz CT molecular complexity index is 800. The van der Waals surface area contributed by atoms with Gasteiger partial charge in [0.25, 0.3) is 5.91 Å². The monoisotopic (exact) mass is 386 g/mol. The molecule has 2 aromatic carbocycles. The van der Waals surface area contributed by atoms with Gasteiger partial charge >= 0.3 is 0 Å². The molecule has 28 heavy (non-hydrogen) atoms. The van der Waals surface area contributed by atoms with Crippen molar-refractivity contribution in [3.05, 3.63) is 65.0 Å². The molecule has 1 fully saturated rings. The molecule has 0 saturated carbocycles. The summed E-state index contributed by atoms with van der Waals surface area (Å²) in [6, 6.07) is 12.5. The topological polar surface area (TPSA) is 50.8 Å². The van der Waals surface area contributed by atoms with Crippen LogP contribution in [-0.2, 0) is 17.8 Å². The molecule has 1 saturated heterocycles. The molecule has 1 heterocycles. The highest BCUT2D eigenvalue weighted by Gasteiger charge is 2.26. The molecule has 0 spiro atoms. The van der Waals surface area contributed by atoms with E-state index in [2.05, 4.69) is 5.32 Å². The second-order valence-corrected chi connectivity index (χ2v) is 7.24. The van der Waals surface area contributed by atoms with E-state index >= 15 is 0 Å². The molecule has 0 unspecified atom stereocenters. The fourth-order valence-corrected chi connectivity index (χ4v) is 3.46. The van der Waals surface area contributed by atoms with Crippen molar-refractivity contribution in [2.24, 2.45) is 0 Å². The summed E-state index contributed by atoms with van der Waals surface area (Å²) in [6.45, 7) is 6.38. The first-order valence-electron chi connectivity index (χ1n) is 9.53. The zero-order chi connectivity index (χ0) is 20.1. The third-order valence-corrected chi connectivity index (χ3v) is 4.78. The first kappa shape index (κ1) is 20.3. The molecule has 5 nitrogen and oxygen atoms in total. The third-order valence-electron chi connectivity index (χ3n) is 4.78. The van der Waals surface area contributed by atoms with Crippen molar-refractivity contribution in [2.75, 3.05) is 20.2 Å². The Labute approximate surface area is 165 Å². The third kappa shape index (κ3) is 5.09. The zero-order valence-corrected chi connectivity index (χ0v) is 16.6. The van der Waals surface area contributed by atoms with Gasteiger partial charge in [0.15, 0.2) is 11.6 Å². The smallest absolute Gasteiger partial charge is 0.254 e. The molecule has 0 aliphatic carbocycles. The maximum absolute atomic E-state index is 13.7. The highest BCUT2D eigenvalue weighted by Crippen LogP contribution is 2.18. The fraction of sp³-hybridized carbons (Fsp3) is 0.409. The first-order valence-corrected chi connectivity index (χ1v) is 9.53. The maximum atomic E-state index is 13.7. The molecule has 1 aliphatic heterocycles. The molecule has 1 aliphatic rings. The average molecular weight is 386 g/mol. The summed E-state index contributed by atoms with van der Waals surface area (Å²) in [5.74, 6) is -0.0836. The molecule has 0 aromatic heterocycles. The van der Waals surface area contributed by atoms with Crippen molar-refractivity contribution >= 4 is 5.91 Å². The number of rotatable bonds is 6. The van der Waals surface area contributed by atoms with Crippen LogP contribution in [0.2, 0.25) is 0 Å².